The minimum atomic E-state index is -4.78. The highest BCUT2D eigenvalue weighted by Gasteiger charge is 2.31. The maximum absolute atomic E-state index is 12.6. The quantitative estimate of drug-likeness (QED) is 0.583. The molecule has 0 aliphatic heterocycles. The van der Waals surface area contributed by atoms with E-state index in [-0.39, 0.29) is 41.1 Å². The molecule has 2 aromatic rings. The number of halogens is 3. The number of alkyl halides is 3. The molecule has 4 N–H and O–H groups in total. The molecule has 2 amide bonds. The maximum atomic E-state index is 12.6. The molecule has 0 saturated heterocycles. The van der Waals surface area contributed by atoms with Gasteiger partial charge in [0.05, 0.1) is 16.3 Å². The lowest BCUT2D eigenvalue weighted by molar-refractivity contribution is -0.274. The third-order valence-corrected chi connectivity index (χ3v) is 6.14. The molecule has 31 heavy (non-hydrogen) atoms. The summed E-state index contributed by atoms with van der Waals surface area (Å²) in [5.41, 5.74) is 6.11. The van der Waals surface area contributed by atoms with E-state index < -0.39 is 12.4 Å². The minimum Gasteiger partial charge on any atom is -0.406 e. The van der Waals surface area contributed by atoms with Crippen LogP contribution in [0.1, 0.15) is 45.4 Å². The molecule has 1 fully saturated rings. The van der Waals surface area contributed by atoms with E-state index in [1.54, 1.807) is 6.92 Å². The Balaban J connectivity index is 1.67. The molecule has 0 spiro atoms. The first-order valence-electron chi connectivity index (χ1n) is 10.1. The van der Waals surface area contributed by atoms with Gasteiger partial charge in [-0.05, 0) is 37.8 Å². The number of nitrogens with one attached hydrogen (secondary N) is 2. The fourth-order valence-corrected chi connectivity index (χ4v) is 4.62. The van der Waals surface area contributed by atoms with E-state index >= 15 is 0 Å². The number of benzene rings is 1. The molecule has 1 aliphatic rings. The molecule has 170 valence electrons. The zero-order valence-corrected chi connectivity index (χ0v) is 17.8. The number of aromatic nitrogens is 1. The number of amides is 2. The largest absolute Gasteiger partial charge is 0.573 e. The van der Waals surface area contributed by atoms with E-state index in [0.29, 0.717) is 10.2 Å². The van der Waals surface area contributed by atoms with Gasteiger partial charge in [-0.15, -0.1) is 13.2 Å². The molecule has 1 saturated carbocycles. The molecule has 1 aliphatic carbocycles. The first kappa shape index (κ1) is 23.3. The number of nitrogens with two attached hydrogens (primary N) is 1. The summed E-state index contributed by atoms with van der Waals surface area (Å²) in [5, 5.41) is 5.86. The Hall–Kier alpha value is -2.40. The van der Waals surface area contributed by atoms with Gasteiger partial charge in [0.25, 0.3) is 0 Å². The third kappa shape index (κ3) is 6.79. The second kappa shape index (κ2) is 9.82. The smallest absolute Gasteiger partial charge is 0.406 e. The number of carbonyl (C=O) groups excluding carboxylic acids is 2. The minimum absolute atomic E-state index is 0.0709. The van der Waals surface area contributed by atoms with E-state index in [4.69, 9.17) is 5.73 Å². The lowest BCUT2D eigenvalue weighted by Gasteiger charge is -2.31. The average Bonchev–Trinajstić information content (AvgIpc) is 3.08. The molecular formula is C20H25F3N4O3S. The zero-order chi connectivity index (χ0) is 22.6. The van der Waals surface area contributed by atoms with Crippen LogP contribution in [0.25, 0.3) is 10.2 Å². The van der Waals surface area contributed by atoms with Crippen LogP contribution in [-0.4, -0.2) is 35.2 Å². The van der Waals surface area contributed by atoms with Gasteiger partial charge in [-0.2, -0.15) is 0 Å². The first-order chi connectivity index (χ1) is 14.6. The van der Waals surface area contributed by atoms with Crippen molar-refractivity contribution >= 4 is 38.5 Å². The molecule has 1 unspecified atom stereocenters. The number of ether oxygens (including phenoxy) is 1. The van der Waals surface area contributed by atoms with E-state index in [9.17, 15) is 22.8 Å². The molecule has 2 atom stereocenters. The molecular weight excluding hydrogens is 433 g/mol. The normalized spacial score (nSPS) is 17.2. The second-order valence-corrected chi connectivity index (χ2v) is 8.78. The number of anilines is 1. The van der Waals surface area contributed by atoms with Crippen LogP contribution in [0.4, 0.5) is 18.3 Å². The Bertz CT molecular complexity index is 926. The second-order valence-electron chi connectivity index (χ2n) is 7.75. The van der Waals surface area contributed by atoms with Gasteiger partial charge < -0.3 is 21.1 Å². The number of thiazole rings is 1. The summed E-state index contributed by atoms with van der Waals surface area (Å²) in [6.45, 7) is 1.59. The van der Waals surface area contributed by atoms with Crippen molar-refractivity contribution < 1.29 is 27.5 Å². The fraction of sp³-hybridized carbons (Fsp3) is 0.550. The van der Waals surface area contributed by atoms with E-state index in [1.807, 2.05) is 0 Å². The van der Waals surface area contributed by atoms with Crippen LogP contribution >= 0.6 is 11.3 Å². The summed E-state index contributed by atoms with van der Waals surface area (Å²) in [7, 11) is 0. The number of nitrogens with zero attached hydrogens (tertiary/aromatic N) is 1. The van der Waals surface area contributed by atoms with Gasteiger partial charge in [0.15, 0.2) is 5.13 Å². The molecule has 7 nitrogen and oxygen atoms in total. The lowest BCUT2D eigenvalue weighted by Crippen LogP contribution is -2.48. The van der Waals surface area contributed by atoms with Crippen molar-refractivity contribution in [2.45, 2.75) is 63.9 Å². The predicted molar refractivity (Wildman–Crippen MR) is 112 cm³/mol. The van der Waals surface area contributed by atoms with Crippen molar-refractivity contribution in [3.63, 3.8) is 0 Å². The maximum Gasteiger partial charge on any atom is 0.573 e. The van der Waals surface area contributed by atoms with E-state index in [0.717, 1.165) is 43.4 Å². The van der Waals surface area contributed by atoms with Crippen molar-refractivity contribution in [1.82, 2.24) is 10.3 Å². The highest BCUT2D eigenvalue weighted by atomic mass is 32.1. The summed E-state index contributed by atoms with van der Waals surface area (Å²) in [4.78, 5) is 29.0. The molecule has 1 aromatic carbocycles. The number of hydrogen-bond donors (Lipinski definition) is 3. The Morgan fingerprint density at radius 2 is 2.00 bits per heavy atom. The Morgan fingerprint density at radius 1 is 1.29 bits per heavy atom. The van der Waals surface area contributed by atoms with Gasteiger partial charge in [0, 0.05) is 18.5 Å². The van der Waals surface area contributed by atoms with Crippen LogP contribution in [0.5, 0.6) is 5.75 Å². The number of hydrogen-bond acceptors (Lipinski definition) is 6. The van der Waals surface area contributed by atoms with Crippen LogP contribution in [0.15, 0.2) is 18.2 Å². The van der Waals surface area contributed by atoms with Gasteiger partial charge in [0.2, 0.25) is 11.8 Å². The van der Waals surface area contributed by atoms with Crippen LogP contribution < -0.4 is 21.1 Å². The summed E-state index contributed by atoms with van der Waals surface area (Å²) < 4.78 is 41.6. The summed E-state index contributed by atoms with van der Waals surface area (Å²) in [6, 6.07) is 2.79. The van der Waals surface area contributed by atoms with Crippen molar-refractivity contribution in [1.29, 1.82) is 0 Å². The van der Waals surface area contributed by atoms with Crippen molar-refractivity contribution in [2.75, 3.05) is 5.32 Å². The van der Waals surface area contributed by atoms with Gasteiger partial charge in [-0.1, -0.05) is 30.6 Å². The van der Waals surface area contributed by atoms with Crippen LogP contribution in [0, 0.1) is 5.92 Å². The van der Waals surface area contributed by atoms with Gasteiger partial charge in [-0.25, -0.2) is 4.98 Å². The zero-order valence-electron chi connectivity index (χ0n) is 17.0. The SMILES string of the molecule is C[C@H](N)C(=O)NC(CC(=O)Nc1nc2ccc(OC(F)(F)F)cc2s1)C1CCCCC1. The lowest BCUT2D eigenvalue weighted by atomic mass is 9.82. The first-order valence-corrected chi connectivity index (χ1v) is 10.9. The number of carbonyl (C=O) groups is 2. The molecule has 0 radical (unpaired) electrons. The molecule has 1 heterocycles. The monoisotopic (exact) mass is 458 g/mol. The van der Waals surface area contributed by atoms with Gasteiger partial charge in [0.1, 0.15) is 5.75 Å². The average molecular weight is 459 g/mol. The van der Waals surface area contributed by atoms with Crippen LogP contribution in [-0.2, 0) is 9.59 Å². The number of fused-ring (bicyclic) bond motifs is 1. The molecule has 1 aromatic heterocycles. The Labute approximate surface area is 181 Å². The standard InChI is InChI=1S/C20H25F3N4O3S/c1-11(24)18(29)25-15(12-5-3-2-4-6-12)10-17(28)27-19-26-14-8-7-13(9-16(14)31-19)30-20(21,22)23/h7-9,11-12,15H,2-6,10,24H2,1H3,(H,25,29)(H,26,27,28)/t11-,15?/m0/s1. The summed E-state index contributed by atoms with van der Waals surface area (Å²) in [6.07, 6.45) is 0.396. The molecule has 0 bridgehead atoms. The molecule has 11 heteroatoms. The Kier molecular flexibility index (Phi) is 7.37. The Morgan fingerprint density at radius 3 is 2.65 bits per heavy atom. The third-order valence-electron chi connectivity index (χ3n) is 5.21. The van der Waals surface area contributed by atoms with Crippen molar-refractivity contribution in [3.8, 4) is 5.75 Å². The van der Waals surface area contributed by atoms with Gasteiger partial charge in [-0.3, -0.25) is 9.59 Å². The summed E-state index contributed by atoms with van der Waals surface area (Å²) in [5.74, 6) is -0.788. The highest BCUT2D eigenvalue weighted by molar-refractivity contribution is 7.22. The number of rotatable bonds is 7. The fourth-order valence-electron chi connectivity index (χ4n) is 3.71. The van der Waals surface area contributed by atoms with Crippen LogP contribution in [0.3, 0.4) is 0 Å². The van der Waals surface area contributed by atoms with Gasteiger partial charge >= 0.3 is 6.36 Å². The van der Waals surface area contributed by atoms with E-state index in [1.165, 1.54) is 18.2 Å². The highest BCUT2D eigenvalue weighted by Crippen LogP contribution is 2.32. The van der Waals surface area contributed by atoms with Crippen molar-refractivity contribution in [3.05, 3.63) is 18.2 Å². The van der Waals surface area contributed by atoms with Crippen LogP contribution in [0.2, 0.25) is 0 Å². The van der Waals surface area contributed by atoms with E-state index in [2.05, 4.69) is 20.4 Å². The topological polar surface area (TPSA) is 106 Å². The predicted octanol–water partition coefficient (Wildman–Crippen LogP) is 3.94. The molecule has 3 rings (SSSR count). The summed E-state index contributed by atoms with van der Waals surface area (Å²) >= 11 is 1.05. The van der Waals surface area contributed by atoms with Crippen molar-refractivity contribution in [2.24, 2.45) is 11.7 Å².